The smallest absolute Gasteiger partial charge is 0.387 e. The van der Waals surface area contributed by atoms with Crippen LogP contribution < -0.4 is 4.74 Å². The summed E-state index contributed by atoms with van der Waals surface area (Å²) in [5, 5.41) is 0. The van der Waals surface area contributed by atoms with E-state index < -0.39 is 6.61 Å². The lowest BCUT2D eigenvalue weighted by atomic mass is 10.1. The number of hydrogen-bond acceptors (Lipinski definition) is 1. The Morgan fingerprint density at radius 2 is 1.70 bits per heavy atom. The van der Waals surface area contributed by atoms with Gasteiger partial charge in [-0.05, 0) is 49.2 Å². The standard InChI is InChI=1S/C17H14F2O/c1-12-5-3-4-6-15(12)9-7-14-8-10-16(13(2)11-14)20-17(18)19/h3-6,8,10-11,17H,1-2H3. The third kappa shape index (κ3) is 3.58. The van der Waals surface area contributed by atoms with Crippen LogP contribution in [0.25, 0.3) is 0 Å². The van der Waals surface area contributed by atoms with Gasteiger partial charge < -0.3 is 4.74 Å². The van der Waals surface area contributed by atoms with E-state index in [9.17, 15) is 8.78 Å². The first-order valence-corrected chi connectivity index (χ1v) is 6.19. The fourth-order valence-corrected chi connectivity index (χ4v) is 1.81. The maximum Gasteiger partial charge on any atom is 0.387 e. The molecule has 20 heavy (non-hydrogen) atoms. The first-order valence-electron chi connectivity index (χ1n) is 6.19. The van der Waals surface area contributed by atoms with E-state index in [1.54, 1.807) is 19.1 Å². The predicted molar refractivity (Wildman–Crippen MR) is 75.0 cm³/mol. The van der Waals surface area contributed by atoms with E-state index in [4.69, 9.17) is 0 Å². The molecule has 0 aliphatic rings. The van der Waals surface area contributed by atoms with Crippen LogP contribution in [0.2, 0.25) is 0 Å². The topological polar surface area (TPSA) is 9.23 Å². The summed E-state index contributed by atoms with van der Waals surface area (Å²) in [6.07, 6.45) is 0. The molecule has 0 atom stereocenters. The summed E-state index contributed by atoms with van der Waals surface area (Å²) in [5.41, 5.74) is 3.47. The third-order valence-electron chi connectivity index (χ3n) is 2.88. The van der Waals surface area contributed by atoms with E-state index in [2.05, 4.69) is 16.6 Å². The van der Waals surface area contributed by atoms with Crippen molar-refractivity contribution in [2.75, 3.05) is 0 Å². The van der Waals surface area contributed by atoms with Crippen LogP contribution in [0, 0.1) is 25.7 Å². The van der Waals surface area contributed by atoms with Crippen LogP contribution >= 0.6 is 0 Å². The second kappa shape index (κ2) is 6.21. The minimum atomic E-state index is -2.81. The van der Waals surface area contributed by atoms with Gasteiger partial charge in [0.1, 0.15) is 5.75 Å². The van der Waals surface area contributed by atoms with Crippen LogP contribution in [0.5, 0.6) is 5.75 Å². The molecule has 0 unspecified atom stereocenters. The quantitative estimate of drug-likeness (QED) is 0.740. The first-order chi connectivity index (χ1) is 9.56. The molecular formula is C17H14F2O. The fourth-order valence-electron chi connectivity index (χ4n) is 1.81. The van der Waals surface area contributed by atoms with E-state index in [1.165, 1.54) is 6.07 Å². The third-order valence-corrected chi connectivity index (χ3v) is 2.88. The zero-order valence-electron chi connectivity index (χ0n) is 11.3. The molecule has 0 aromatic heterocycles. The zero-order valence-corrected chi connectivity index (χ0v) is 11.3. The zero-order chi connectivity index (χ0) is 14.5. The maximum atomic E-state index is 12.2. The van der Waals surface area contributed by atoms with Crippen molar-refractivity contribution in [2.24, 2.45) is 0 Å². The van der Waals surface area contributed by atoms with E-state index in [1.807, 2.05) is 31.2 Å². The van der Waals surface area contributed by atoms with Crippen molar-refractivity contribution in [3.05, 3.63) is 64.7 Å². The number of hydrogen-bond donors (Lipinski definition) is 0. The Kier molecular flexibility index (Phi) is 4.37. The molecule has 0 saturated carbocycles. The summed E-state index contributed by atoms with van der Waals surface area (Å²) in [5.74, 6) is 6.29. The molecule has 0 heterocycles. The van der Waals surface area contributed by atoms with Crippen LogP contribution in [-0.4, -0.2) is 6.61 Å². The van der Waals surface area contributed by atoms with Crippen molar-refractivity contribution in [2.45, 2.75) is 20.5 Å². The molecule has 0 spiro atoms. The van der Waals surface area contributed by atoms with E-state index in [0.717, 1.165) is 16.7 Å². The number of rotatable bonds is 2. The van der Waals surface area contributed by atoms with Crippen LogP contribution in [0.3, 0.4) is 0 Å². The van der Waals surface area contributed by atoms with Crippen molar-refractivity contribution in [3.63, 3.8) is 0 Å². The highest BCUT2D eigenvalue weighted by molar-refractivity contribution is 5.48. The summed E-state index contributed by atoms with van der Waals surface area (Å²) >= 11 is 0. The molecule has 2 rings (SSSR count). The number of aryl methyl sites for hydroxylation is 2. The molecule has 1 nitrogen and oxygen atoms in total. The maximum absolute atomic E-state index is 12.2. The second-order valence-corrected chi connectivity index (χ2v) is 4.42. The molecule has 0 bridgehead atoms. The van der Waals surface area contributed by atoms with Gasteiger partial charge in [-0.2, -0.15) is 8.78 Å². The highest BCUT2D eigenvalue weighted by Gasteiger charge is 2.06. The van der Waals surface area contributed by atoms with Crippen molar-refractivity contribution in [3.8, 4) is 17.6 Å². The van der Waals surface area contributed by atoms with Gasteiger partial charge in [-0.3, -0.25) is 0 Å². The lowest BCUT2D eigenvalue weighted by Crippen LogP contribution is -2.03. The largest absolute Gasteiger partial charge is 0.435 e. The molecule has 0 saturated heterocycles. The molecule has 0 aliphatic heterocycles. The minimum Gasteiger partial charge on any atom is -0.435 e. The van der Waals surface area contributed by atoms with Gasteiger partial charge in [0.05, 0.1) is 0 Å². The number of benzene rings is 2. The Labute approximate surface area is 117 Å². The van der Waals surface area contributed by atoms with Crippen LogP contribution in [-0.2, 0) is 0 Å². The van der Waals surface area contributed by atoms with Gasteiger partial charge in [-0.25, -0.2) is 0 Å². The summed E-state index contributed by atoms with van der Waals surface area (Å²) in [6.45, 7) is 0.906. The van der Waals surface area contributed by atoms with Gasteiger partial charge in [0, 0.05) is 11.1 Å². The van der Waals surface area contributed by atoms with Gasteiger partial charge in [-0.15, -0.1) is 0 Å². The Hall–Kier alpha value is -2.34. The molecule has 2 aromatic rings. The summed E-state index contributed by atoms with van der Waals surface area (Å²) in [6, 6.07) is 12.8. The minimum absolute atomic E-state index is 0.182. The predicted octanol–water partition coefficient (Wildman–Crippen LogP) is 4.30. The molecule has 0 N–H and O–H groups in total. The SMILES string of the molecule is Cc1ccccc1C#Cc1ccc(OC(F)F)c(C)c1. The Morgan fingerprint density at radius 3 is 2.35 bits per heavy atom. The number of alkyl halides is 2. The average molecular weight is 272 g/mol. The van der Waals surface area contributed by atoms with Crippen molar-refractivity contribution >= 4 is 0 Å². The molecule has 0 amide bonds. The summed E-state index contributed by atoms with van der Waals surface area (Å²) in [7, 11) is 0. The van der Waals surface area contributed by atoms with Gasteiger partial charge in [0.25, 0.3) is 0 Å². The van der Waals surface area contributed by atoms with E-state index in [0.29, 0.717) is 5.56 Å². The first kappa shape index (κ1) is 14.1. The highest BCUT2D eigenvalue weighted by atomic mass is 19.3. The number of halogens is 2. The van der Waals surface area contributed by atoms with Crippen LogP contribution in [0.4, 0.5) is 8.78 Å². The lowest BCUT2D eigenvalue weighted by molar-refractivity contribution is -0.0502. The van der Waals surface area contributed by atoms with Gasteiger partial charge in [0.15, 0.2) is 0 Å². The van der Waals surface area contributed by atoms with Crippen molar-refractivity contribution < 1.29 is 13.5 Å². The molecule has 2 aromatic carbocycles. The highest BCUT2D eigenvalue weighted by Crippen LogP contribution is 2.20. The molecule has 0 aliphatic carbocycles. The Bertz CT molecular complexity index is 666. The Balaban J connectivity index is 2.24. The Morgan fingerprint density at radius 1 is 0.950 bits per heavy atom. The molecule has 3 heteroatoms. The van der Waals surface area contributed by atoms with Gasteiger partial charge in [-0.1, -0.05) is 30.0 Å². The number of ether oxygens (including phenoxy) is 1. The molecule has 0 fully saturated rings. The molecular weight excluding hydrogens is 258 g/mol. The average Bonchev–Trinajstić information content (AvgIpc) is 2.40. The molecule has 102 valence electrons. The summed E-state index contributed by atoms with van der Waals surface area (Å²) < 4.78 is 28.7. The van der Waals surface area contributed by atoms with Gasteiger partial charge >= 0.3 is 6.61 Å². The molecule has 0 radical (unpaired) electrons. The van der Waals surface area contributed by atoms with E-state index in [-0.39, 0.29) is 5.75 Å². The normalized spacial score (nSPS) is 10.1. The lowest BCUT2D eigenvalue weighted by Gasteiger charge is -2.07. The van der Waals surface area contributed by atoms with E-state index >= 15 is 0 Å². The van der Waals surface area contributed by atoms with Crippen molar-refractivity contribution in [1.29, 1.82) is 0 Å². The monoisotopic (exact) mass is 272 g/mol. The second-order valence-electron chi connectivity index (χ2n) is 4.42. The van der Waals surface area contributed by atoms with Gasteiger partial charge in [0.2, 0.25) is 0 Å². The fraction of sp³-hybridized carbons (Fsp3) is 0.176. The van der Waals surface area contributed by atoms with Crippen molar-refractivity contribution in [1.82, 2.24) is 0 Å². The van der Waals surface area contributed by atoms with Crippen LogP contribution in [0.15, 0.2) is 42.5 Å². The van der Waals surface area contributed by atoms with Crippen LogP contribution in [0.1, 0.15) is 22.3 Å². The summed E-state index contributed by atoms with van der Waals surface area (Å²) in [4.78, 5) is 0.